The SMILES string of the molecule is O=C=CN1CCNCCN(C#P=O)CCNCC1. The number of rotatable bonds is 1. The minimum absolute atomic E-state index is 0.0736. The first-order valence-corrected chi connectivity index (χ1v) is 6.87. The van der Waals surface area contributed by atoms with Crippen LogP contribution in [0.2, 0.25) is 0 Å². The van der Waals surface area contributed by atoms with E-state index in [-0.39, 0.29) is 7.92 Å². The summed E-state index contributed by atoms with van der Waals surface area (Å²) in [6, 6.07) is 0. The molecule has 18 heavy (non-hydrogen) atoms. The number of nitrogens with one attached hydrogen (secondary N) is 2. The molecule has 1 aliphatic heterocycles. The second-order valence-corrected chi connectivity index (χ2v) is 4.34. The molecular weight excluding hydrogens is 251 g/mol. The summed E-state index contributed by atoms with van der Waals surface area (Å²) in [6.07, 6.45) is 1.46. The molecule has 0 unspecified atom stereocenters. The molecule has 1 heterocycles. The summed E-state index contributed by atoms with van der Waals surface area (Å²) < 4.78 is 10.5. The van der Waals surface area contributed by atoms with E-state index in [0.29, 0.717) is 0 Å². The number of nitrogens with zero attached hydrogens (tertiary/aromatic N) is 2. The maximum absolute atomic E-state index is 10.5. The Kier molecular flexibility index (Phi) is 8.53. The minimum atomic E-state index is -0.0736. The van der Waals surface area contributed by atoms with E-state index in [1.807, 2.05) is 15.7 Å². The van der Waals surface area contributed by atoms with Gasteiger partial charge in [-0.05, 0) is 0 Å². The van der Waals surface area contributed by atoms with Crippen LogP contribution < -0.4 is 10.6 Å². The van der Waals surface area contributed by atoms with Crippen molar-refractivity contribution in [2.45, 2.75) is 0 Å². The van der Waals surface area contributed by atoms with Crippen molar-refractivity contribution in [3.63, 3.8) is 0 Å². The predicted octanol–water partition coefficient (Wildman–Crippen LogP) is -0.663. The Bertz CT molecular complexity index is 363. The molecule has 0 aliphatic carbocycles. The van der Waals surface area contributed by atoms with Crippen LogP contribution in [0.4, 0.5) is 0 Å². The van der Waals surface area contributed by atoms with E-state index < -0.39 is 0 Å². The van der Waals surface area contributed by atoms with E-state index in [1.54, 1.807) is 0 Å². The number of hydrogen-bond donors (Lipinski definition) is 2. The van der Waals surface area contributed by atoms with Crippen LogP contribution in [0.25, 0.3) is 0 Å². The van der Waals surface area contributed by atoms with Crippen LogP contribution in [-0.4, -0.2) is 68.1 Å². The number of carbonyl (C=O) groups excluding carboxylic acids is 1. The molecule has 2 N–H and O–H groups in total. The second-order valence-electron chi connectivity index (χ2n) is 3.96. The topological polar surface area (TPSA) is 64.7 Å². The van der Waals surface area contributed by atoms with Gasteiger partial charge < -0.3 is 0 Å². The molecule has 0 amide bonds. The van der Waals surface area contributed by atoms with Crippen molar-refractivity contribution in [1.29, 1.82) is 0 Å². The molecule has 0 atom stereocenters. The van der Waals surface area contributed by atoms with E-state index in [9.17, 15) is 9.36 Å². The molecule has 0 aromatic heterocycles. The molecular formula is C11H19N4O2P. The molecule has 0 bridgehead atoms. The van der Waals surface area contributed by atoms with Crippen molar-refractivity contribution in [2.75, 3.05) is 52.4 Å². The van der Waals surface area contributed by atoms with E-state index in [4.69, 9.17) is 0 Å². The van der Waals surface area contributed by atoms with Gasteiger partial charge in [-0.15, -0.1) is 0 Å². The first-order chi connectivity index (χ1) is 8.86. The third kappa shape index (κ3) is 6.77. The molecule has 1 rings (SSSR count). The first kappa shape index (κ1) is 15.2. The molecule has 0 aromatic carbocycles. The zero-order chi connectivity index (χ0) is 13.1. The monoisotopic (exact) mass is 270 g/mol. The molecule has 1 aliphatic rings. The van der Waals surface area contributed by atoms with Gasteiger partial charge in [0.1, 0.15) is 0 Å². The van der Waals surface area contributed by atoms with Crippen molar-refractivity contribution in [3.8, 4) is 5.75 Å². The van der Waals surface area contributed by atoms with E-state index in [2.05, 4.69) is 16.4 Å². The Morgan fingerprint density at radius 1 is 1.00 bits per heavy atom. The van der Waals surface area contributed by atoms with Crippen LogP contribution in [0.3, 0.4) is 0 Å². The van der Waals surface area contributed by atoms with Gasteiger partial charge in [0, 0.05) is 0 Å². The average molecular weight is 270 g/mol. The van der Waals surface area contributed by atoms with Gasteiger partial charge in [-0.1, -0.05) is 0 Å². The molecule has 0 saturated carbocycles. The Hall–Kier alpha value is -0.860. The molecule has 1 fully saturated rings. The Morgan fingerprint density at radius 2 is 1.56 bits per heavy atom. The van der Waals surface area contributed by atoms with Crippen LogP contribution in [0.15, 0.2) is 6.20 Å². The van der Waals surface area contributed by atoms with Crippen LogP contribution in [0, 0.1) is 5.75 Å². The molecule has 6 nitrogen and oxygen atoms in total. The summed E-state index contributed by atoms with van der Waals surface area (Å²) in [7, 11) is -0.0736. The third-order valence-electron chi connectivity index (χ3n) is 2.69. The fraction of sp³-hybridized carbons (Fsp3) is 0.727. The van der Waals surface area contributed by atoms with Crippen LogP contribution >= 0.6 is 7.92 Å². The van der Waals surface area contributed by atoms with E-state index >= 15 is 0 Å². The summed E-state index contributed by atoms with van der Waals surface area (Å²) in [5.74, 6) is 4.58. The molecule has 0 radical (unpaired) electrons. The van der Waals surface area contributed by atoms with Gasteiger partial charge in [0.15, 0.2) is 0 Å². The van der Waals surface area contributed by atoms with Crippen molar-refractivity contribution in [3.05, 3.63) is 6.20 Å². The summed E-state index contributed by atoms with van der Waals surface area (Å²) in [5, 5.41) is 6.56. The van der Waals surface area contributed by atoms with E-state index in [1.165, 1.54) is 6.20 Å². The standard InChI is InChI=1S/C11H19N4O2P/c16-10-9-14-5-1-12-3-7-15(11-18-17)8-4-13-2-6-14/h9,12-13H,1-8H2. The maximum atomic E-state index is 10.5. The van der Waals surface area contributed by atoms with Gasteiger partial charge in [-0.2, -0.15) is 0 Å². The second kappa shape index (κ2) is 10.1. The van der Waals surface area contributed by atoms with Gasteiger partial charge in [-0.3, -0.25) is 0 Å². The van der Waals surface area contributed by atoms with E-state index in [0.717, 1.165) is 52.4 Å². The third-order valence-corrected chi connectivity index (χ3v) is 3.05. The Labute approximate surface area is 109 Å². The van der Waals surface area contributed by atoms with Crippen LogP contribution in [0.5, 0.6) is 0 Å². The fourth-order valence-electron chi connectivity index (χ4n) is 1.71. The van der Waals surface area contributed by atoms with Gasteiger partial charge in [0.2, 0.25) is 0 Å². The predicted molar refractivity (Wildman–Crippen MR) is 70.6 cm³/mol. The van der Waals surface area contributed by atoms with Gasteiger partial charge in [0.05, 0.1) is 0 Å². The Morgan fingerprint density at radius 3 is 2.06 bits per heavy atom. The Balaban J connectivity index is 2.43. The van der Waals surface area contributed by atoms with Crippen molar-refractivity contribution < 1.29 is 9.36 Å². The molecule has 1 saturated heterocycles. The average Bonchev–Trinajstić information content (AvgIpc) is 2.35. The van der Waals surface area contributed by atoms with Crippen molar-refractivity contribution >= 4 is 13.9 Å². The fourth-order valence-corrected chi connectivity index (χ4v) is 2.02. The molecule has 100 valence electrons. The summed E-state index contributed by atoms with van der Waals surface area (Å²) in [6.45, 7) is 6.35. The van der Waals surface area contributed by atoms with Gasteiger partial charge in [-0.25, -0.2) is 0 Å². The number of hydrogen-bond acceptors (Lipinski definition) is 6. The quantitative estimate of drug-likeness (QED) is 0.487. The van der Waals surface area contributed by atoms with Crippen molar-refractivity contribution in [2.24, 2.45) is 0 Å². The van der Waals surface area contributed by atoms with Gasteiger partial charge >= 0.3 is 108 Å². The van der Waals surface area contributed by atoms with Gasteiger partial charge in [0.25, 0.3) is 0 Å². The summed E-state index contributed by atoms with van der Waals surface area (Å²) in [4.78, 5) is 14.2. The molecule has 7 heteroatoms. The first-order valence-electron chi connectivity index (χ1n) is 6.06. The normalized spacial score (nSPS) is 19.9. The summed E-state index contributed by atoms with van der Waals surface area (Å²) in [5.41, 5.74) is 0. The zero-order valence-electron chi connectivity index (χ0n) is 10.4. The molecule has 0 aromatic rings. The van der Waals surface area contributed by atoms with Crippen LogP contribution in [-0.2, 0) is 9.36 Å². The molecule has 0 spiro atoms. The van der Waals surface area contributed by atoms with Crippen molar-refractivity contribution in [1.82, 2.24) is 20.4 Å². The summed E-state index contributed by atoms with van der Waals surface area (Å²) >= 11 is 0. The van der Waals surface area contributed by atoms with Crippen LogP contribution in [0.1, 0.15) is 0 Å². The zero-order valence-corrected chi connectivity index (χ0v) is 11.3.